The summed E-state index contributed by atoms with van der Waals surface area (Å²) in [5.41, 5.74) is 1.66. The number of halogens is 1. The zero-order valence-electron chi connectivity index (χ0n) is 20.0. The predicted molar refractivity (Wildman–Crippen MR) is 132 cm³/mol. The van der Waals surface area contributed by atoms with E-state index in [-0.39, 0.29) is 17.3 Å². The second-order valence-electron chi connectivity index (χ2n) is 8.59. The number of rotatable bonds is 17. The van der Waals surface area contributed by atoms with Crippen LogP contribution in [0.4, 0.5) is 4.39 Å². The van der Waals surface area contributed by atoms with E-state index in [0.29, 0.717) is 42.9 Å². The SMILES string of the molecule is NS(=O)(=O)c1cc(F)cc(CCCCOCCCCCCNC[C@H](O)c2ccc(O)c(CO)c2)c1. The highest BCUT2D eigenvalue weighted by Crippen LogP contribution is 2.22. The van der Waals surface area contributed by atoms with Crippen molar-refractivity contribution in [2.75, 3.05) is 26.3 Å². The third kappa shape index (κ3) is 11.0. The molecular formula is C25H37FN2O6S. The number of phenols is 1. The van der Waals surface area contributed by atoms with Crippen molar-refractivity contribution < 1.29 is 32.9 Å². The maximum absolute atomic E-state index is 13.6. The van der Waals surface area contributed by atoms with E-state index in [1.54, 1.807) is 12.1 Å². The third-order valence-corrected chi connectivity index (χ3v) is 6.55. The average Bonchev–Trinajstić information content (AvgIpc) is 2.81. The minimum absolute atomic E-state index is 0.0187. The van der Waals surface area contributed by atoms with Gasteiger partial charge in [-0.15, -0.1) is 0 Å². The molecule has 8 nitrogen and oxygen atoms in total. The number of primary sulfonamides is 1. The maximum atomic E-state index is 13.6. The Bertz CT molecular complexity index is 1020. The van der Waals surface area contributed by atoms with Crippen LogP contribution in [-0.4, -0.2) is 50.0 Å². The van der Waals surface area contributed by atoms with Crippen molar-refractivity contribution in [3.63, 3.8) is 0 Å². The van der Waals surface area contributed by atoms with Crippen molar-refractivity contribution in [1.29, 1.82) is 0 Å². The Morgan fingerprint density at radius 2 is 1.71 bits per heavy atom. The van der Waals surface area contributed by atoms with E-state index in [4.69, 9.17) is 9.88 Å². The van der Waals surface area contributed by atoms with Crippen LogP contribution >= 0.6 is 0 Å². The molecule has 196 valence electrons. The Balaban J connectivity index is 1.46. The lowest BCUT2D eigenvalue weighted by Crippen LogP contribution is -2.22. The highest BCUT2D eigenvalue weighted by atomic mass is 32.2. The third-order valence-electron chi connectivity index (χ3n) is 5.65. The maximum Gasteiger partial charge on any atom is 0.238 e. The lowest BCUT2D eigenvalue weighted by Gasteiger charge is -2.14. The molecule has 0 unspecified atom stereocenters. The number of ether oxygens (including phenoxy) is 1. The summed E-state index contributed by atoms with van der Waals surface area (Å²) < 4.78 is 42.0. The van der Waals surface area contributed by atoms with Crippen molar-refractivity contribution >= 4 is 10.0 Å². The Morgan fingerprint density at radius 3 is 2.43 bits per heavy atom. The van der Waals surface area contributed by atoms with Gasteiger partial charge in [-0.1, -0.05) is 18.9 Å². The van der Waals surface area contributed by atoms with Gasteiger partial charge >= 0.3 is 0 Å². The Labute approximate surface area is 207 Å². The summed E-state index contributed by atoms with van der Waals surface area (Å²) in [4.78, 5) is -0.205. The molecule has 0 aromatic heterocycles. The minimum atomic E-state index is -3.92. The van der Waals surface area contributed by atoms with Crippen LogP contribution in [0, 0.1) is 5.82 Å². The highest BCUT2D eigenvalue weighted by Gasteiger charge is 2.11. The minimum Gasteiger partial charge on any atom is -0.508 e. The number of hydrogen-bond donors (Lipinski definition) is 5. The van der Waals surface area contributed by atoms with Crippen molar-refractivity contribution in [2.45, 2.75) is 62.6 Å². The summed E-state index contributed by atoms with van der Waals surface area (Å²) in [6.45, 7) is 2.19. The Kier molecular flexibility index (Phi) is 12.6. The summed E-state index contributed by atoms with van der Waals surface area (Å²) in [5.74, 6) is -0.590. The molecule has 0 fully saturated rings. The summed E-state index contributed by atoms with van der Waals surface area (Å²) in [6, 6.07) is 8.39. The molecule has 0 heterocycles. The number of aliphatic hydroxyl groups is 2. The molecule has 2 aromatic rings. The van der Waals surface area contributed by atoms with Crippen LogP contribution in [0.15, 0.2) is 41.3 Å². The van der Waals surface area contributed by atoms with Gasteiger partial charge in [-0.3, -0.25) is 0 Å². The van der Waals surface area contributed by atoms with Gasteiger partial charge in [-0.2, -0.15) is 0 Å². The zero-order chi connectivity index (χ0) is 25.7. The van der Waals surface area contributed by atoms with Crippen LogP contribution in [0.5, 0.6) is 5.75 Å². The largest absolute Gasteiger partial charge is 0.508 e. The van der Waals surface area contributed by atoms with Gasteiger partial charge < -0.3 is 25.4 Å². The van der Waals surface area contributed by atoms with Crippen LogP contribution in [0.1, 0.15) is 61.3 Å². The monoisotopic (exact) mass is 512 g/mol. The van der Waals surface area contributed by atoms with Gasteiger partial charge in [0.25, 0.3) is 0 Å². The van der Waals surface area contributed by atoms with Crippen LogP contribution in [-0.2, 0) is 27.8 Å². The molecule has 10 heteroatoms. The molecule has 0 spiro atoms. The van der Waals surface area contributed by atoms with E-state index in [1.165, 1.54) is 18.2 Å². The van der Waals surface area contributed by atoms with Gasteiger partial charge in [0.15, 0.2) is 0 Å². The van der Waals surface area contributed by atoms with Crippen molar-refractivity contribution in [3.8, 4) is 5.75 Å². The molecule has 0 radical (unpaired) electrons. The fourth-order valence-corrected chi connectivity index (χ4v) is 4.26. The molecule has 2 aromatic carbocycles. The molecule has 0 aliphatic carbocycles. The van der Waals surface area contributed by atoms with Gasteiger partial charge in [0.2, 0.25) is 10.0 Å². The van der Waals surface area contributed by atoms with E-state index in [0.717, 1.165) is 51.1 Å². The molecule has 0 amide bonds. The first-order chi connectivity index (χ1) is 16.7. The number of unbranched alkanes of at least 4 members (excludes halogenated alkanes) is 4. The van der Waals surface area contributed by atoms with Crippen LogP contribution < -0.4 is 10.5 Å². The predicted octanol–water partition coefficient (Wildman–Crippen LogP) is 2.89. The molecule has 35 heavy (non-hydrogen) atoms. The van der Waals surface area contributed by atoms with Crippen LogP contribution in [0.25, 0.3) is 0 Å². The molecule has 0 aliphatic heterocycles. The highest BCUT2D eigenvalue weighted by molar-refractivity contribution is 7.89. The lowest BCUT2D eigenvalue weighted by molar-refractivity contribution is 0.126. The normalized spacial score (nSPS) is 12.7. The topological polar surface area (TPSA) is 142 Å². The first-order valence-corrected chi connectivity index (χ1v) is 13.5. The van der Waals surface area contributed by atoms with Crippen LogP contribution in [0.3, 0.4) is 0 Å². The molecule has 0 saturated heterocycles. The van der Waals surface area contributed by atoms with E-state index < -0.39 is 21.9 Å². The smallest absolute Gasteiger partial charge is 0.238 e. The molecule has 0 bridgehead atoms. The lowest BCUT2D eigenvalue weighted by atomic mass is 10.1. The molecular weight excluding hydrogens is 475 g/mol. The summed E-state index contributed by atoms with van der Waals surface area (Å²) in [7, 11) is -3.92. The number of aliphatic hydroxyl groups excluding tert-OH is 2. The van der Waals surface area contributed by atoms with E-state index in [2.05, 4.69) is 5.32 Å². The number of benzene rings is 2. The Hall–Kier alpha value is -2.08. The number of sulfonamides is 1. The fraction of sp³-hybridized carbons (Fsp3) is 0.520. The number of aryl methyl sites for hydroxylation is 1. The summed E-state index contributed by atoms with van der Waals surface area (Å²) in [5, 5.41) is 37.3. The molecule has 2 rings (SSSR count). The number of nitrogens with one attached hydrogen (secondary N) is 1. The molecule has 1 atom stereocenters. The van der Waals surface area contributed by atoms with Gasteiger partial charge in [0, 0.05) is 25.3 Å². The van der Waals surface area contributed by atoms with Crippen LogP contribution in [0.2, 0.25) is 0 Å². The molecule has 0 aliphatic rings. The zero-order valence-corrected chi connectivity index (χ0v) is 20.8. The summed E-state index contributed by atoms with van der Waals surface area (Å²) >= 11 is 0. The first kappa shape index (κ1) is 29.2. The number of aromatic hydroxyl groups is 1. The van der Waals surface area contributed by atoms with Gasteiger partial charge in [-0.25, -0.2) is 17.9 Å². The standard InChI is InChI=1S/C25H37FN2O6S/c26-22-13-19(14-23(16-22)35(27,32)33)7-3-6-12-34-11-5-2-1-4-10-28-17-25(31)20-8-9-24(30)21(15-20)18-29/h8-9,13-16,25,28-31H,1-7,10-12,17-18H2,(H2,27,32,33)/t25-/m0/s1. The van der Waals surface area contributed by atoms with Crippen molar-refractivity contribution in [2.24, 2.45) is 5.14 Å². The molecule has 6 N–H and O–H groups in total. The first-order valence-electron chi connectivity index (χ1n) is 11.9. The van der Waals surface area contributed by atoms with Crippen molar-refractivity contribution in [1.82, 2.24) is 5.32 Å². The number of hydrogen-bond acceptors (Lipinski definition) is 7. The second kappa shape index (κ2) is 15.1. The summed E-state index contributed by atoms with van der Waals surface area (Å²) in [6.07, 6.45) is 5.45. The van der Waals surface area contributed by atoms with E-state index in [1.807, 2.05) is 0 Å². The van der Waals surface area contributed by atoms with E-state index in [9.17, 15) is 28.1 Å². The fourth-order valence-electron chi connectivity index (χ4n) is 3.67. The van der Waals surface area contributed by atoms with Crippen molar-refractivity contribution in [3.05, 3.63) is 58.9 Å². The quantitative estimate of drug-likeness (QED) is 0.205. The Morgan fingerprint density at radius 1 is 1.00 bits per heavy atom. The van der Waals surface area contributed by atoms with Gasteiger partial charge in [-0.05, 0) is 80.1 Å². The van der Waals surface area contributed by atoms with Gasteiger partial charge in [0.05, 0.1) is 17.6 Å². The molecule has 0 saturated carbocycles. The van der Waals surface area contributed by atoms with E-state index >= 15 is 0 Å². The average molecular weight is 513 g/mol. The second-order valence-corrected chi connectivity index (χ2v) is 10.2. The number of nitrogens with two attached hydrogens (primary N) is 1. The van der Waals surface area contributed by atoms with Gasteiger partial charge in [0.1, 0.15) is 11.6 Å².